The van der Waals surface area contributed by atoms with Crippen LogP contribution in [0.2, 0.25) is 0 Å². The molecule has 0 fully saturated rings. The van der Waals surface area contributed by atoms with Gasteiger partial charge in [0, 0.05) is 16.8 Å². The van der Waals surface area contributed by atoms with Gasteiger partial charge in [0.25, 0.3) is 5.91 Å². The van der Waals surface area contributed by atoms with Crippen LogP contribution in [0.1, 0.15) is 40.0 Å². The van der Waals surface area contributed by atoms with Crippen molar-refractivity contribution in [1.29, 1.82) is 0 Å². The van der Waals surface area contributed by atoms with Crippen LogP contribution in [-0.4, -0.2) is 29.9 Å². The summed E-state index contributed by atoms with van der Waals surface area (Å²) < 4.78 is 5.53. The van der Waals surface area contributed by atoms with Crippen LogP contribution in [0.4, 0.5) is 0 Å². The molecule has 0 aliphatic carbocycles. The zero-order valence-corrected chi connectivity index (χ0v) is 17.4. The van der Waals surface area contributed by atoms with Crippen molar-refractivity contribution in [2.75, 3.05) is 13.2 Å². The number of nitrogens with zero attached hydrogens (tertiary/aromatic N) is 1. The number of fused-ring (bicyclic) bond motifs is 1. The molecule has 1 unspecified atom stereocenters. The Morgan fingerprint density at radius 3 is 2.19 bits per heavy atom. The molecule has 3 aromatic carbocycles. The molecule has 0 aromatic heterocycles. The first-order valence-corrected chi connectivity index (χ1v) is 10.3. The van der Waals surface area contributed by atoms with Gasteiger partial charge in [-0.25, -0.2) is 0 Å². The van der Waals surface area contributed by atoms with Crippen molar-refractivity contribution in [2.45, 2.75) is 13.0 Å². The van der Waals surface area contributed by atoms with Crippen molar-refractivity contribution in [3.63, 3.8) is 0 Å². The molecule has 1 heterocycles. The number of nitrogens with one attached hydrogen (secondary N) is 1. The largest absolute Gasteiger partial charge is 0.494 e. The standard InChI is InChI=1S/C26H24N2O3/c1-3-31-21-15-13-20(14-16-21)25(19-9-5-4-6-10-19)27-24(29)17-28-18(2)22-11-7-8-12-23(22)26(28)30/h4-16,25H,2-3,17H2,1H3,(H,27,29). The predicted octanol–water partition coefficient (Wildman–Crippen LogP) is 4.42. The number of carbonyl (C=O) groups is 2. The Hall–Kier alpha value is -3.86. The summed E-state index contributed by atoms with van der Waals surface area (Å²) in [6.45, 7) is 6.45. The van der Waals surface area contributed by atoms with Crippen molar-refractivity contribution < 1.29 is 14.3 Å². The molecule has 1 aliphatic heterocycles. The van der Waals surface area contributed by atoms with Crippen molar-refractivity contribution >= 4 is 17.5 Å². The SMILES string of the molecule is C=C1c2ccccc2C(=O)N1CC(=O)NC(c1ccccc1)c1ccc(OCC)cc1. The highest BCUT2D eigenvalue weighted by atomic mass is 16.5. The van der Waals surface area contributed by atoms with Gasteiger partial charge in [-0.3, -0.25) is 14.5 Å². The van der Waals surface area contributed by atoms with Crippen molar-refractivity contribution in [3.05, 3.63) is 108 Å². The van der Waals surface area contributed by atoms with E-state index in [1.54, 1.807) is 6.07 Å². The molecule has 0 saturated heterocycles. The summed E-state index contributed by atoms with van der Waals surface area (Å²) in [6.07, 6.45) is 0. The summed E-state index contributed by atoms with van der Waals surface area (Å²) in [7, 11) is 0. The molecular formula is C26H24N2O3. The average molecular weight is 412 g/mol. The summed E-state index contributed by atoms with van der Waals surface area (Å²) in [6, 6.07) is 24.3. The molecule has 0 bridgehead atoms. The highest BCUT2D eigenvalue weighted by molar-refractivity contribution is 6.10. The fraction of sp³-hybridized carbons (Fsp3) is 0.154. The van der Waals surface area contributed by atoms with E-state index in [2.05, 4.69) is 11.9 Å². The Kier molecular flexibility index (Phi) is 5.85. The number of ether oxygens (including phenoxy) is 1. The minimum atomic E-state index is -0.349. The Balaban J connectivity index is 1.54. The average Bonchev–Trinajstić information content (AvgIpc) is 3.04. The first kappa shape index (κ1) is 20.4. The van der Waals surface area contributed by atoms with Gasteiger partial charge in [-0.15, -0.1) is 0 Å². The third-order valence-corrected chi connectivity index (χ3v) is 5.30. The molecule has 31 heavy (non-hydrogen) atoms. The molecule has 3 aromatic rings. The number of benzene rings is 3. The van der Waals surface area contributed by atoms with Gasteiger partial charge < -0.3 is 10.1 Å². The van der Waals surface area contributed by atoms with Crippen molar-refractivity contribution in [1.82, 2.24) is 10.2 Å². The third-order valence-electron chi connectivity index (χ3n) is 5.30. The summed E-state index contributed by atoms with van der Waals surface area (Å²) in [5.41, 5.74) is 3.78. The molecule has 4 rings (SSSR count). The van der Waals surface area contributed by atoms with Gasteiger partial charge in [0.2, 0.25) is 5.91 Å². The minimum absolute atomic E-state index is 0.0906. The summed E-state index contributed by atoms with van der Waals surface area (Å²) in [4.78, 5) is 27.2. The molecule has 0 radical (unpaired) electrons. The molecule has 1 N–H and O–H groups in total. The molecule has 0 saturated carbocycles. The number of rotatable bonds is 7. The van der Waals surface area contributed by atoms with E-state index in [1.165, 1.54) is 4.90 Å². The number of hydrogen-bond donors (Lipinski definition) is 1. The van der Waals surface area contributed by atoms with E-state index < -0.39 is 0 Å². The second-order valence-corrected chi connectivity index (χ2v) is 7.30. The lowest BCUT2D eigenvalue weighted by molar-refractivity contribution is -0.121. The zero-order chi connectivity index (χ0) is 21.8. The van der Waals surface area contributed by atoms with Crippen LogP contribution in [0.15, 0.2) is 85.4 Å². The van der Waals surface area contributed by atoms with E-state index in [1.807, 2.05) is 79.7 Å². The van der Waals surface area contributed by atoms with Crippen LogP contribution in [-0.2, 0) is 4.79 Å². The van der Waals surface area contributed by atoms with E-state index in [9.17, 15) is 9.59 Å². The van der Waals surface area contributed by atoms with Gasteiger partial charge in [-0.1, -0.05) is 67.2 Å². The molecule has 2 amide bonds. The molecule has 1 aliphatic rings. The predicted molar refractivity (Wildman–Crippen MR) is 121 cm³/mol. The van der Waals surface area contributed by atoms with Crippen molar-refractivity contribution in [3.8, 4) is 5.75 Å². The maximum atomic E-state index is 13.0. The second kappa shape index (κ2) is 8.88. The quantitative estimate of drug-likeness (QED) is 0.625. The molecule has 156 valence electrons. The lowest BCUT2D eigenvalue weighted by atomic mass is 9.98. The number of amides is 2. The van der Waals surface area contributed by atoms with E-state index in [-0.39, 0.29) is 24.4 Å². The fourth-order valence-electron chi connectivity index (χ4n) is 3.78. The fourth-order valence-corrected chi connectivity index (χ4v) is 3.78. The van der Waals surface area contributed by atoms with Gasteiger partial charge in [-0.2, -0.15) is 0 Å². The first-order chi connectivity index (χ1) is 15.1. The molecule has 5 heteroatoms. The molecule has 1 atom stereocenters. The van der Waals surface area contributed by atoms with Crippen LogP contribution in [0.5, 0.6) is 5.75 Å². The van der Waals surface area contributed by atoms with Crippen LogP contribution in [0, 0.1) is 0 Å². The van der Waals surface area contributed by atoms with Gasteiger partial charge in [0.15, 0.2) is 0 Å². The van der Waals surface area contributed by atoms with Crippen LogP contribution in [0.25, 0.3) is 5.70 Å². The normalized spacial score (nSPS) is 13.6. The lowest BCUT2D eigenvalue weighted by Crippen LogP contribution is -2.39. The zero-order valence-electron chi connectivity index (χ0n) is 17.4. The first-order valence-electron chi connectivity index (χ1n) is 10.3. The second-order valence-electron chi connectivity index (χ2n) is 7.30. The topological polar surface area (TPSA) is 58.6 Å². The maximum absolute atomic E-state index is 13.0. The molecular weight excluding hydrogens is 388 g/mol. The smallest absolute Gasteiger partial charge is 0.259 e. The number of hydrogen-bond acceptors (Lipinski definition) is 3. The Labute approximate surface area is 182 Å². The lowest BCUT2D eigenvalue weighted by Gasteiger charge is -2.23. The van der Waals surface area contributed by atoms with Crippen LogP contribution < -0.4 is 10.1 Å². The summed E-state index contributed by atoms with van der Waals surface area (Å²) in [5, 5.41) is 3.08. The monoisotopic (exact) mass is 412 g/mol. The number of carbonyl (C=O) groups excluding carboxylic acids is 2. The van der Waals surface area contributed by atoms with Gasteiger partial charge in [-0.05, 0) is 36.2 Å². The minimum Gasteiger partial charge on any atom is -0.494 e. The maximum Gasteiger partial charge on any atom is 0.259 e. The highest BCUT2D eigenvalue weighted by Gasteiger charge is 2.32. The summed E-state index contributed by atoms with van der Waals surface area (Å²) in [5.74, 6) is 0.319. The third kappa shape index (κ3) is 4.21. The van der Waals surface area contributed by atoms with Crippen LogP contribution in [0.3, 0.4) is 0 Å². The van der Waals surface area contributed by atoms with E-state index in [0.29, 0.717) is 17.9 Å². The van der Waals surface area contributed by atoms with Gasteiger partial charge in [0.05, 0.1) is 12.6 Å². The molecule has 5 nitrogen and oxygen atoms in total. The van der Waals surface area contributed by atoms with Gasteiger partial charge in [0.1, 0.15) is 12.3 Å². The Bertz CT molecular complexity index is 1070. The van der Waals surface area contributed by atoms with Gasteiger partial charge >= 0.3 is 0 Å². The van der Waals surface area contributed by atoms with E-state index >= 15 is 0 Å². The van der Waals surface area contributed by atoms with E-state index in [4.69, 9.17) is 4.74 Å². The van der Waals surface area contributed by atoms with Crippen LogP contribution >= 0.6 is 0 Å². The van der Waals surface area contributed by atoms with E-state index in [0.717, 1.165) is 22.4 Å². The molecule has 0 spiro atoms. The summed E-state index contributed by atoms with van der Waals surface area (Å²) >= 11 is 0. The Morgan fingerprint density at radius 1 is 0.935 bits per heavy atom. The Morgan fingerprint density at radius 2 is 1.55 bits per heavy atom. The highest BCUT2D eigenvalue weighted by Crippen LogP contribution is 2.31. The van der Waals surface area contributed by atoms with Crippen molar-refractivity contribution in [2.24, 2.45) is 0 Å².